The van der Waals surface area contributed by atoms with Crippen LogP contribution in [-0.4, -0.2) is 48.7 Å². The number of carbonyl (C=O) groups excluding carboxylic acids is 1. The van der Waals surface area contributed by atoms with Crippen molar-refractivity contribution in [1.29, 1.82) is 0 Å². The molecule has 1 aliphatic carbocycles. The lowest BCUT2D eigenvalue weighted by Crippen LogP contribution is -2.41. The number of aromatic nitrogens is 2. The van der Waals surface area contributed by atoms with Gasteiger partial charge in [0.2, 0.25) is 11.9 Å². The first-order chi connectivity index (χ1) is 15.6. The molecule has 168 valence electrons. The summed E-state index contributed by atoms with van der Waals surface area (Å²) in [6.07, 6.45) is 3.78. The third-order valence-corrected chi connectivity index (χ3v) is 5.78. The van der Waals surface area contributed by atoms with Crippen LogP contribution in [0, 0.1) is 0 Å². The number of hydrogen-bond acceptors (Lipinski definition) is 6. The normalized spacial score (nSPS) is 18.3. The van der Waals surface area contributed by atoms with Gasteiger partial charge in [0.05, 0.1) is 12.1 Å². The summed E-state index contributed by atoms with van der Waals surface area (Å²) in [6.45, 7) is 0.539. The summed E-state index contributed by atoms with van der Waals surface area (Å²) in [4.78, 5) is 23.7. The molecule has 1 aliphatic rings. The van der Waals surface area contributed by atoms with Gasteiger partial charge in [-0.3, -0.25) is 4.79 Å². The molecule has 3 aromatic rings. The Balaban J connectivity index is 1.25. The number of fused-ring (bicyclic) bond motifs is 1. The molecule has 0 saturated heterocycles. The number of rotatable bonds is 8. The lowest BCUT2D eigenvalue weighted by molar-refractivity contribution is -0.127. The predicted molar refractivity (Wildman–Crippen MR) is 128 cm³/mol. The van der Waals surface area contributed by atoms with Gasteiger partial charge in [0.25, 0.3) is 0 Å². The zero-order valence-electron chi connectivity index (χ0n) is 18.8. The van der Waals surface area contributed by atoms with E-state index < -0.39 is 0 Å². The molecule has 0 radical (unpaired) electrons. The van der Waals surface area contributed by atoms with E-state index in [-0.39, 0.29) is 18.6 Å². The molecule has 1 saturated carbocycles. The van der Waals surface area contributed by atoms with Crippen LogP contribution in [0.25, 0.3) is 10.9 Å². The summed E-state index contributed by atoms with van der Waals surface area (Å²) in [5.41, 5.74) is 2.00. The molecule has 0 atom stereocenters. The second kappa shape index (κ2) is 10.4. The Labute approximate surface area is 189 Å². The number of hydrogen-bond donors (Lipinski definition) is 2. The van der Waals surface area contributed by atoms with E-state index in [1.165, 1.54) is 0 Å². The Bertz CT molecular complexity index is 1030. The summed E-state index contributed by atoms with van der Waals surface area (Å²) in [6, 6.07) is 18.4. The first-order valence-corrected chi connectivity index (χ1v) is 11.2. The molecule has 7 heteroatoms. The van der Waals surface area contributed by atoms with Gasteiger partial charge in [-0.15, -0.1) is 0 Å². The van der Waals surface area contributed by atoms with Gasteiger partial charge in [-0.1, -0.05) is 42.5 Å². The highest BCUT2D eigenvalue weighted by atomic mass is 16.5. The monoisotopic (exact) mass is 433 g/mol. The van der Waals surface area contributed by atoms with Gasteiger partial charge >= 0.3 is 0 Å². The van der Waals surface area contributed by atoms with Crippen molar-refractivity contribution in [3.63, 3.8) is 0 Å². The van der Waals surface area contributed by atoms with E-state index in [1.807, 2.05) is 73.6 Å². The minimum absolute atomic E-state index is 0.0502. The van der Waals surface area contributed by atoms with Crippen molar-refractivity contribution in [3.8, 4) is 0 Å². The third kappa shape index (κ3) is 5.73. The minimum atomic E-state index is -0.0502. The Morgan fingerprint density at radius 3 is 2.41 bits per heavy atom. The molecule has 0 aliphatic heterocycles. The van der Waals surface area contributed by atoms with E-state index in [0.29, 0.717) is 18.6 Å². The zero-order valence-corrected chi connectivity index (χ0v) is 18.8. The molecule has 32 heavy (non-hydrogen) atoms. The number of nitrogens with zero attached hydrogens (tertiary/aromatic N) is 3. The van der Waals surface area contributed by atoms with Crippen molar-refractivity contribution in [2.24, 2.45) is 0 Å². The number of benzene rings is 2. The molecule has 2 aromatic carbocycles. The van der Waals surface area contributed by atoms with Gasteiger partial charge in [0.1, 0.15) is 12.4 Å². The fraction of sp³-hybridized carbons (Fsp3) is 0.400. The molecule has 0 spiro atoms. The van der Waals surface area contributed by atoms with Gasteiger partial charge in [-0.25, -0.2) is 4.98 Å². The Morgan fingerprint density at radius 1 is 0.969 bits per heavy atom. The summed E-state index contributed by atoms with van der Waals surface area (Å²) in [7, 11) is 3.99. The number of carbonyl (C=O) groups is 1. The highest BCUT2D eigenvalue weighted by molar-refractivity contribution is 5.90. The van der Waals surface area contributed by atoms with Crippen molar-refractivity contribution < 1.29 is 9.53 Å². The summed E-state index contributed by atoms with van der Waals surface area (Å²) in [5, 5.41) is 7.66. The van der Waals surface area contributed by atoms with Crippen molar-refractivity contribution in [3.05, 3.63) is 60.2 Å². The molecule has 0 bridgehead atoms. The van der Waals surface area contributed by atoms with Crippen molar-refractivity contribution in [2.75, 3.05) is 30.9 Å². The molecule has 4 rings (SSSR count). The average molecular weight is 434 g/mol. The Kier molecular flexibility index (Phi) is 7.17. The molecule has 0 unspecified atom stereocenters. The van der Waals surface area contributed by atoms with Crippen LogP contribution in [0.1, 0.15) is 31.2 Å². The molecule has 1 amide bonds. The largest absolute Gasteiger partial charge is 0.367 e. The second-order valence-electron chi connectivity index (χ2n) is 8.52. The van der Waals surface area contributed by atoms with Gasteiger partial charge in [-0.05, 0) is 43.4 Å². The lowest BCUT2D eigenvalue weighted by atomic mass is 9.91. The fourth-order valence-electron chi connectivity index (χ4n) is 4.14. The van der Waals surface area contributed by atoms with Gasteiger partial charge in [0, 0.05) is 31.6 Å². The first kappa shape index (κ1) is 22.0. The number of nitrogens with one attached hydrogen (secondary N) is 2. The van der Waals surface area contributed by atoms with Gasteiger partial charge < -0.3 is 20.3 Å². The molecule has 7 nitrogen and oxygen atoms in total. The quantitative estimate of drug-likeness (QED) is 0.563. The van der Waals surface area contributed by atoms with Gasteiger partial charge in [0.15, 0.2) is 0 Å². The average Bonchev–Trinajstić information content (AvgIpc) is 2.80. The zero-order chi connectivity index (χ0) is 22.3. The molecule has 2 N–H and O–H groups in total. The van der Waals surface area contributed by atoms with Crippen LogP contribution in [0.3, 0.4) is 0 Å². The maximum atomic E-state index is 12.2. The van der Waals surface area contributed by atoms with Gasteiger partial charge in [-0.2, -0.15) is 4.98 Å². The molecular weight excluding hydrogens is 402 g/mol. The van der Waals surface area contributed by atoms with E-state index >= 15 is 0 Å². The third-order valence-electron chi connectivity index (χ3n) is 5.78. The topological polar surface area (TPSA) is 79.4 Å². The predicted octanol–water partition coefficient (Wildman–Crippen LogP) is 3.75. The fourth-order valence-corrected chi connectivity index (χ4v) is 4.14. The Hall–Kier alpha value is -3.19. The maximum absolute atomic E-state index is 12.2. The molecular formula is C25H31N5O2. The SMILES string of the molecule is CN(C)c1nc(N[C@H]2CC[C@@H](NC(=O)COCc3ccccc3)CC2)nc2ccccc12. The van der Waals surface area contributed by atoms with E-state index in [4.69, 9.17) is 14.7 Å². The Morgan fingerprint density at radius 2 is 1.66 bits per heavy atom. The second-order valence-corrected chi connectivity index (χ2v) is 8.52. The van der Waals surface area contributed by atoms with E-state index in [0.717, 1.165) is 48.0 Å². The first-order valence-electron chi connectivity index (χ1n) is 11.2. The maximum Gasteiger partial charge on any atom is 0.246 e. The van der Waals surface area contributed by atoms with Crippen LogP contribution in [-0.2, 0) is 16.1 Å². The van der Waals surface area contributed by atoms with E-state index in [1.54, 1.807) is 0 Å². The minimum Gasteiger partial charge on any atom is -0.367 e. The van der Waals surface area contributed by atoms with Crippen LogP contribution in [0.4, 0.5) is 11.8 Å². The highest BCUT2D eigenvalue weighted by Gasteiger charge is 2.23. The molecule has 1 heterocycles. The van der Waals surface area contributed by atoms with Crippen LogP contribution in [0.2, 0.25) is 0 Å². The summed E-state index contributed by atoms with van der Waals surface area (Å²) < 4.78 is 5.54. The number of anilines is 2. The summed E-state index contributed by atoms with van der Waals surface area (Å²) >= 11 is 0. The van der Waals surface area contributed by atoms with E-state index in [2.05, 4.69) is 10.6 Å². The van der Waals surface area contributed by atoms with Crippen molar-refractivity contribution in [2.45, 2.75) is 44.4 Å². The smallest absolute Gasteiger partial charge is 0.246 e. The van der Waals surface area contributed by atoms with Crippen LogP contribution < -0.4 is 15.5 Å². The van der Waals surface area contributed by atoms with Crippen molar-refractivity contribution in [1.82, 2.24) is 15.3 Å². The standard InChI is InChI=1S/C25H31N5O2/c1-30(2)24-21-10-6-7-11-22(21)28-25(29-24)27-20-14-12-19(13-15-20)26-23(31)17-32-16-18-8-4-3-5-9-18/h3-11,19-20H,12-17H2,1-2H3,(H,26,31)(H,27,28,29)/t19-,20+. The van der Waals surface area contributed by atoms with Crippen LogP contribution in [0.5, 0.6) is 0 Å². The summed E-state index contributed by atoms with van der Waals surface area (Å²) in [5.74, 6) is 1.52. The molecule has 1 aromatic heterocycles. The number of para-hydroxylation sites is 1. The molecule has 1 fully saturated rings. The van der Waals surface area contributed by atoms with Crippen LogP contribution in [0.15, 0.2) is 54.6 Å². The number of ether oxygens (including phenoxy) is 1. The lowest BCUT2D eigenvalue weighted by Gasteiger charge is -2.30. The van der Waals surface area contributed by atoms with Crippen LogP contribution >= 0.6 is 0 Å². The van der Waals surface area contributed by atoms with Crippen molar-refractivity contribution >= 4 is 28.6 Å². The van der Waals surface area contributed by atoms with E-state index in [9.17, 15) is 4.79 Å². The highest BCUT2D eigenvalue weighted by Crippen LogP contribution is 2.26. The number of amides is 1.